The zero-order valence-electron chi connectivity index (χ0n) is 14.8. The van der Waals surface area contributed by atoms with Gasteiger partial charge in [-0.2, -0.15) is 5.26 Å². The van der Waals surface area contributed by atoms with Gasteiger partial charge in [-0.1, -0.05) is 12.1 Å². The molecule has 0 unspecified atom stereocenters. The van der Waals surface area contributed by atoms with Gasteiger partial charge in [-0.15, -0.1) is 24.0 Å². The highest BCUT2D eigenvalue weighted by Crippen LogP contribution is 2.05. The molecule has 0 amide bonds. The number of aliphatic imine (C=N–C) groups is 1. The largest absolute Gasteiger partial charge is 0.379 e. The van der Waals surface area contributed by atoms with Gasteiger partial charge in [0.2, 0.25) is 0 Å². The van der Waals surface area contributed by atoms with Crippen LogP contribution in [0.4, 0.5) is 0 Å². The first-order valence-corrected chi connectivity index (χ1v) is 8.63. The third-order valence-electron chi connectivity index (χ3n) is 3.87. The summed E-state index contributed by atoms with van der Waals surface area (Å²) in [5.74, 6) is 0.821. The fourth-order valence-corrected chi connectivity index (χ4v) is 2.59. The molecule has 138 valence electrons. The van der Waals surface area contributed by atoms with E-state index in [9.17, 15) is 0 Å². The van der Waals surface area contributed by atoms with Crippen molar-refractivity contribution in [2.45, 2.75) is 19.9 Å². The van der Waals surface area contributed by atoms with Crippen molar-refractivity contribution < 1.29 is 4.74 Å². The average Bonchev–Trinajstić information content (AvgIpc) is 2.64. The summed E-state index contributed by atoms with van der Waals surface area (Å²) in [7, 11) is 0. The third-order valence-corrected chi connectivity index (χ3v) is 3.87. The van der Waals surface area contributed by atoms with E-state index in [1.807, 2.05) is 24.3 Å². The van der Waals surface area contributed by atoms with Crippen LogP contribution in [-0.4, -0.2) is 56.8 Å². The van der Waals surface area contributed by atoms with Crippen molar-refractivity contribution in [1.29, 1.82) is 5.26 Å². The summed E-state index contributed by atoms with van der Waals surface area (Å²) < 4.78 is 5.36. The fraction of sp³-hybridized carbons (Fsp3) is 0.556. The number of guanidine groups is 1. The van der Waals surface area contributed by atoms with Crippen molar-refractivity contribution in [3.05, 3.63) is 35.4 Å². The molecule has 0 aromatic heterocycles. The van der Waals surface area contributed by atoms with Gasteiger partial charge in [0.1, 0.15) is 0 Å². The lowest BCUT2D eigenvalue weighted by Gasteiger charge is -2.26. The lowest BCUT2D eigenvalue weighted by atomic mass is 10.1. The SMILES string of the molecule is CCNC(=NCc1cccc(C#N)c1)NCCCN1CCOCC1.I. The molecule has 0 spiro atoms. The molecule has 0 bridgehead atoms. The zero-order chi connectivity index (χ0) is 17.0. The van der Waals surface area contributed by atoms with E-state index in [1.165, 1.54) is 0 Å². The van der Waals surface area contributed by atoms with Gasteiger partial charge in [-0.25, -0.2) is 4.99 Å². The minimum atomic E-state index is 0. The Morgan fingerprint density at radius 3 is 2.84 bits per heavy atom. The minimum Gasteiger partial charge on any atom is -0.379 e. The Morgan fingerprint density at radius 1 is 1.32 bits per heavy atom. The van der Waals surface area contributed by atoms with Crippen LogP contribution in [0.15, 0.2) is 29.3 Å². The molecule has 0 aliphatic carbocycles. The standard InChI is InChI=1S/C18H27N5O.HI/c1-2-20-18(21-7-4-8-23-9-11-24-12-10-23)22-15-17-6-3-5-16(13-17)14-19;/h3,5-6,13H,2,4,7-12,15H2,1H3,(H2,20,21,22);1H. The zero-order valence-corrected chi connectivity index (χ0v) is 17.2. The quantitative estimate of drug-likeness (QED) is 0.284. The number of benzene rings is 1. The van der Waals surface area contributed by atoms with E-state index in [4.69, 9.17) is 10.00 Å². The van der Waals surface area contributed by atoms with Crippen LogP contribution in [0.3, 0.4) is 0 Å². The summed E-state index contributed by atoms with van der Waals surface area (Å²) in [5.41, 5.74) is 1.71. The number of hydrogen-bond acceptors (Lipinski definition) is 4. The topological polar surface area (TPSA) is 72.7 Å². The molecule has 1 aliphatic rings. The predicted octanol–water partition coefficient (Wildman–Crippen LogP) is 1.95. The number of hydrogen-bond donors (Lipinski definition) is 2. The lowest BCUT2D eigenvalue weighted by molar-refractivity contribution is 0.0376. The van der Waals surface area contributed by atoms with Gasteiger partial charge >= 0.3 is 0 Å². The van der Waals surface area contributed by atoms with Gasteiger partial charge in [0.05, 0.1) is 31.4 Å². The Bertz CT molecular complexity index is 567. The highest BCUT2D eigenvalue weighted by Gasteiger charge is 2.09. The molecule has 1 saturated heterocycles. The molecule has 0 radical (unpaired) electrons. The maximum absolute atomic E-state index is 8.95. The lowest BCUT2D eigenvalue weighted by Crippen LogP contribution is -2.40. The average molecular weight is 457 g/mol. The summed E-state index contributed by atoms with van der Waals surface area (Å²) >= 11 is 0. The maximum Gasteiger partial charge on any atom is 0.191 e. The summed E-state index contributed by atoms with van der Waals surface area (Å²) in [6.45, 7) is 9.18. The van der Waals surface area contributed by atoms with Crippen molar-refractivity contribution in [3.63, 3.8) is 0 Å². The van der Waals surface area contributed by atoms with E-state index in [0.29, 0.717) is 12.1 Å². The number of nitrogens with zero attached hydrogens (tertiary/aromatic N) is 3. The van der Waals surface area contributed by atoms with E-state index in [2.05, 4.69) is 33.5 Å². The molecule has 6 nitrogen and oxygen atoms in total. The fourth-order valence-electron chi connectivity index (χ4n) is 2.59. The Hall–Kier alpha value is -1.37. The summed E-state index contributed by atoms with van der Waals surface area (Å²) in [4.78, 5) is 7.03. The van der Waals surface area contributed by atoms with Crippen molar-refractivity contribution in [1.82, 2.24) is 15.5 Å². The molecule has 2 N–H and O–H groups in total. The molecule has 0 saturated carbocycles. The van der Waals surface area contributed by atoms with Gasteiger partial charge in [0, 0.05) is 26.2 Å². The van der Waals surface area contributed by atoms with Crippen molar-refractivity contribution in [2.75, 3.05) is 45.9 Å². The Morgan fingerprint density at radius 2 is 2.12 bits per heavy atom. The van der Waals surface area contributed by atoms with Crippen LogP contribution < -0.4 is 10.6 Å². The van der Waals surface area contributed by atoms with Crippen LogP contribution in [-0.2, 0) is 11.3 Å². The number of nitriles is 1. The van der Waals surface area contributed by atoms with Gasteiger partial charge < -0.3 is 15.4 Å². The number of rotatable bonds is 7. The summed E-state index contributed by atoms with van der Waals surface area (Å²) in [5, 5.41) is 15.6. The summed E-state index contributed by atoms with van der Waals surface area (Å²) in [6, 6.07) is 9.74. The number of morpholine rings is 1. The van der Waals surface area contributed by atoms with Crippen molar-refractivity contribution in [2.24, 2.45) is 4.99 Å². The van der Waals surface area contributed by atoms with Gasteiger partial charge in [0.25, 0.3) is 0 Å². The van der Waals surface area contributed by atoms with E-state index in [1.54, 1.807) is 0 Å². The second-order valence-corrected chi connectivity index (χ2v) is 5.74. The molecule has 2 rings (SSSR count). The predicted molar refractivity (Wildman–Crippen MR) is 111 cm³/mol. The minimum absolute atomic E-state index is 0. The van der Waals surface area contributed by atoms with Gasteiger partial charge in [-0.3, -0.25) is 4.90 Å². The van der Waals surface area contributed by atoms with E-state index < -0.39 is 0 Å². The van der Waals surface area contributed by atoms with E-state index >= 15 is 0 Å². The van der Waals surface area contributed by atoms with E-state index in [-0.39, 0.29) is 24.0 Å². The van der Waals surface area contributed by atoms with Crippen LogP contribution in [0.5, 0.6) is 0 Å². The molecule has 25 heavy (non-hydrogen) atoms. The first-order valence-electron chi connectivity index (χ1n) is 8.63. The third kappa shape index (κ3) is 8.52. The maximum atomic E-state index is 8.95. The Labute approximate surface area is 167 Å². The first-order chi connectivity index (χ1) is 11.8. The molecule has 1 heterocycles. The molecule has 0 atom stereocenters. The molecule has 7 heteroatoms. The van der Waals surface area contributed by atoms with Gasteiger partial charge in [-0.05, 0) is 37.6 Å². The van der Waals surface area contributed by atoms with Crippen LogP contribution in [0.1, 0.15) is 24.5 Å². The first kappa shape index (κ1) is 21.7. The smallest absolute Gasteiger partial charge is 0.191 e. The number of halogens is 1. The number of nitrogens with one attached hydrogen (secondary N) is 2. The van der Waals surface area contributed by atoms with Crippen LogP contribution in [0.25, 0.3) is 0 Å². The van der Waals surface area contributed by atoms with Crippen LogP contribution in [0.2, 0.25) is 0 Å². The van der Waals surface area contributed by atoms with Crippen LogP contribution in [0, 0.1) is 11.3 Å². The molecular formula is C18H28IN5O. The van der Waals surface area contributed by atoms with Crippen molar-refractivity contribution in [3.8, 4) is 6.07 Å². The highest BCUT2D eigenvalue weighted by atomic mass is 127. The van der Waals surface area contributed by atoms with Crippen LogP contribution >= 0.6 is 24.0 Å². The molecule has 1 aromatic rings. The number of ether oxygens (including phenoxy) is 1. The Kier molecular flexibility index (Phi) is 11.2. The molecule has 1 fully saturated rings. The normalized spacial score (nSPS) is 15.1. The second kappa shape index (κ2) is 12.9. The molecular weight excluding hydrogens is 429 g/mol. The van der Waals surface area contributed by atoms with Gasteiger partial charge in [0.15, 0.2) is 5.96 Å². The highest BCUT2D eigenvalue weighted by molar-refractivity contribution is 14.0. The molecule has 1 aromatic carbocycles. The summed E-state index contributed by atoms with van der Waals surface area (Å²) in [6.07, 6.45) is 1.08. The van der Waals surface area contributed by atoms with Crippen molar-refractivity contribution >= 4 is 29.9 Å². The Balaban J connectivity index is 0.00000312. The second-order valence-electron chi connectivity index (χ2n) is 5.74. The molecule has 1 aliphatic heterocycles. The monoisotopic (exact) mass is 457 g/mol. The van der Waals surface area contributed by atoms with E-state index in [0.717, 1.165) is 63.9 Å².